The van der Waals surface area contributed by atoms with Gasteiger partial charge < -0.3 is 4.74 Å². The van der Waals surface area contributed by atoms with Crippen molar-refractivity contribution in [2.24, 2.45) is 14.1 Å². The average molecular weight is 393 g/mol. The number of halogens is 2. The molecule has 3 aromatic rings. The number of aryl methyl sites for hydroxylation is 1. The van der Waals surface area contributed by atoms with Crippen LogP contribution in [0.25, 0.3) is 11.2 Å². The quantitative estimate of drug-likeness (QED) is 0.634. The summed E-state index contributed by atoms with van der Waals surface area (Å²) in [6, 6.07) is 5.17. The minimum absolute atomic E-state index is 0.0358. The van der Waals surface area contributed by atoms with Crippen molar-refractivity contribution in [2.45, 2.75) is 6.54 Å². The molecule has 9 heteroatoms. The van der Waals surface area contributed by atoms with Crippen LogP contribution in [0.4, 0.5) is 0 Å². The first-order valence-electron chi connectivity index (χ1n) is 7.51. The van der Waals surface area contributed by atoms with Crippen molar-refractivity contribution in [1.29, 1.82) is 0 Å². The number of ether oxygens (including phenoxy) is 1. The molecule has 0 fully saturated rings. The van der Waals surface area contributed by atoms with Crippen LogP contribution < -0.4 is 16.0 Å². The molecular formula is C17H14Cl2N4O3. The Morgan fingerprint density at radius 2 is 1.96 bits per heavy atom. The van der Waals surface area contributed by atoms with Crippen LogP contribution in [0.1, 0.15) is 5.56 Å². The van der Waals surface area contributed by atoms with Gasteiger partial charge in [-0.3, -0.25) is 18.5 Å². The van der Waals surface area contributed by atoms with Gasteiger partial charge in [0.1, 0.15) is 0 Å². The molecule has 0 radical (unpaired) electrons. The fourth-order valence-corrected chi connectivity index (χ4v) is 3.08. The summed E-state index contributed by atoms with van der Waals surface area (Å²) in [5.74, 6) is 2.35. The molecule has 134 valence electrons. The molecule has 2 aromatic heterocycles. The van der Waals surface area contributed by atoms with E-state index in [2.05, 4.69) is 10.9 Å². The van der Waals surface area contributed by atoms with Crippen molar-refractivity contribution >= 4 is 34.4 Å². The molecule has 2 heterocycles. The van der Waals surface area contributed by atoms with E-state index in [1.807, 2.05) is 0 Å². The number of aromatic nitrogens is 4. The standard InChI is InChI=1S/C17H14Cl2N4O3/c1-4-7-26-16-20-14-13(15(24)22(3)17(25)21(14)2)23(16)9-10-5-6-11(18)8-12(10)19/h1,5-6,8H,7,9H2,2-3H3. The second kappa shape index (κ2) is 6.90. The third kappa shape index (κ3) is 2.98. The van der Waals surface area contributed by atoms with E-state index in [4.69, 9.17) is 34.4 Å². The Hall–Kier alpha value is -2.69. The van der Waals surface area contributed by atoms with Gasteiger partial charge in [0.25, 0.3) is 11.6 Å². The van der Waals surface area contributed by atoms with Gasteiger partial charge >= 0.3 is 5.69 Å². The SMILES string of the molecule is C#CCOc1nc2c(c(=O)n(C)c(=O)n2C)n1Cc1ccc(Cl)cc1Cl. The third-order valence-corrected chi connectivity index (χ3v) is 4.53. The zero-order valence-corrected chi connectivity index (χ0v) is 15.5. The Kier molecular flexibility index (Phi) is 4.81. The number of terminal acetylenes is 1. The maximum Gasteiger partial charge on any atom is 0.332 e. The monoisotopic (exact) mass is 392 g/mol. The van der Waals surface area contributed by atoms with Gasteiger partial charge in [-0.1, -0.05) is 35.2 Å². The zero-order chi connectivity index (χ0) is 19.0. The van der Waals surface area contributed by atoms with Gasteiger partial charge in [-0.15, -0.1) is 6.42 Å². The number of imidazole rings is 1. The fraction of sp³-hybridized carbons (Fsp3) is 0.235. The molecule has 0 bridgehead atoms. The normalized spacial score (nSPS) is 10.9. The molecule has 3 rings (SSSR count). The molecule has 0 aliphatic carbocycles. The molecule has 0 amide bonds. The number of rotatable bonds is 4. The molecule has 0 atom stereocenters. The molecule has 0 aliphatic rings. The van der Waals surface area contributed by atoms with Crippen LogP contribution in [0, 0.1) is 12.3 Å². The summed E-state index contributed by atoms with van der Waals surface area (Å²) in [6.45, 7) is 0.159. The molecule has 0 N–H and O–H groups in total. The minimum atomic E-state index is -0.490. The molecule has 26 heavy (non-hydrogen) atoms. The molecule has 1 aromatic carbocycles. The Morgan fingerprint density at radius 3 is 2.62 bits per heavy atom. The van der Waals surface area contributed by atoms with Gasteiger partial charge in [0.15, 0.2) is 17.8 Å². The van der Waals surface area contributed by atoms with Gasteiger partial charge in [-0.25, -0.2) is 4.79 Å². The second-order valence-corrected chi connectivity index (χ2v) is 6.43. The van der Waals surface area contributed by atoms with E-state index in [0.717, 1.165) is 4.57 Å². The smallest absolute Gasteiger partial charge is 0.332 e. The summed E-state index contributed by atoms with van der Waals surface area (Å²) < 4.78 is 9.31. The lowest BCUT2D eigenvalue weighted by atomic mass is 10.2. The Bertz CT molecular complexity index is 1170. The zero-order valence-electron chi connectivity index (χ0n) is 14.0. The lowest BCUT2D eigenvalue weighted by Gasteiger charge is -2.10. The first-order valence-corrected chi connectivity index (χ1v) is 8.27. The van der Waals surface area contributed by atoms with Crippen LogP contribution in [0.3, 0.4) is 0 Å². The van der Waals surface area contributed by atoms with Crippen molar-refractivity contribution < 1.29 is 4.74 Å². The lowest BCUT2D eigenvalue weighted by molar-refractivity contribution is 0.326. The predicted molar refractivity (Wildman–Crippen MR) is 100 cm³/mol. The molecule has 0 saturated carbocycles. The molecule has 0 aliphatic heterocycles. The summed E-state index contributed by atoms with van der Waals surface area (Å²) in [4.78, 5) is 29.1. The summed E-state index contributed by atoms with van der Waals surface area (Å²) in [5.41, 5.74) is 0.149. The molecule has 7 nitrogen and oxygen atoms in total. The van der Waals surface area contributed by atoms with Crippen LogP contribution in [0.5, 0.6) is 6.01 Å². The highest BCUT2D eigenvalue weighted by atomic mass is 35.5. The molecule has 0 saturated heterocycles. The highest BCUT2D eigenvalue weighted by Gasteiger charge is 2.20. The van der Waals surface area contributed by atoms with Crippen LogP contribution in [-0.4, -0.2) is 25.3 Å². The number of hydrogen-bond donors (Lipinski definition) is 0. The second-order valence-electron chi connectivity index (χ2n) is 5.59. The van der Waals surface area contributed by atoms with Crippen LogP contribution in [0.2, 0.25) is 10.0 Å². The van der Waals surface area contributed by atoms with E-state index in [1.165, 1.54) is 18.7 Å². The van der Waals surface area contributed by atoms with Gasteiger partial charge in [0.05, 0.1) is 6.54 Å². The Balaban J connectivity index is 2.29. The maximum atomic E-state index is 12.7. The first-order chi connectivity index (χ1) is 12.3. The highest BCUT2D eigenvalue weighted by Crippen LogP contribution is 2.25. The largest absolute Gasteiger partial charge is 0.451 e. The van der Waals surface area contributed by atoms with Gasteiger partial charge in [0.2, 0.25) is 0 Å². The highest BCUT2D eigenvalue weighted by molar-refractivity contribution is 6.35. The fourth-order valence-electron chi connectivity index (χ4n) is 2.61. The van der Waals surface area contributed by atoms with E-state index in [0.29, 0.717) is 15.6 Å². The minimum Gasteiger partial charge on any atom is -0.451 e. The lowest BCUT2D eigenvalue weighted by Crippen LogP contribution is -2.37. The van der Waals surface area contributed by atoms with Gasteiger partial charge in [-0.2, -0.15) is 4.98 Å². The van der Waals surface area contributed by atoms with Crippen LogP contribution in [-0.2, 0) is 20.6 Å². The molecular weight excluding hydrogens is 379 g/mol. The van der Waals surface area contributed by atoms with E-state index in [1.54, 1.807) is 22.8 Å². The van der Waals surface area contributed by atoms with Gasteiger partial charge in [-0.05, 0) is 17.7 Å². The van der Waals surface area contributed by atoms with E-state index < -0.39 is 11.2 Å². The van der Waals surface area contributed by atoms with Crippen molar-refractivity contribution in [3.63, 3.8) is 0 Å². The number of hydrogen-bond acceptors (Lipinski definition) is 4. The predicted octanol–water partition coefficient (Wildman–Crippen LogP) is 1.80. The van der Waals surface area contributed by atoms with Crippen LogP contribution >= 0.6 is 23.2 Å². The summed E-state index contributed by atoms with van der Waals surface area (Å²) in [7, 11) is 2.93. The molecule has 0 spiro atoms. The van der Waals surface area contributed by atoms with E-state index in [-0.39, 0.29) is 30.3 Å². The third-order valence-electron chi connectivity index (χ3n) is 3.94. The molecule has 0 unspecified atom stereocenters. The number of benzene rings is 1. The van der Waals surface area contributed by atoms with E-state index >= 15 is 0 Å². The van der Waals surface area contributed by atoms with Gasteiger partial charge in [0, 0.05) is 24.1 Å². The van der Waals surface area contributed by atoms with Crippen LogP contribution in [0.15, 0.2) is 27.8 Å². The number of fused-ring (bicyclic) bond motifs is 1. The van der Waals surface area contributed by atoms with Crippen molar-refractivity contribution in [2.75, 3.05) is 6.61 Å². The Morgan fingerprint density at radius 1 is 1.23 bits per heavy atom. The topological polar surface area (TPSA) is 71.1 Å². The van der Waals surface area contributed by atoms with Crippen molar-refractivity contribution in [1.82, 2.24) is 18.7 Å². The maximum absolute atomic E-state index is 12.7. The van der Waals surface area contributed by atoms with E-state index in [9.17, 15) is 9.59 Å². The summed E-state index contributed by atoms with van der Waals surface area (Å²) >= 11 is 12.2. The Labute approximate surface area is 158 Å². The summed E-state index contributed by atoms with van der Waals surface area (Å²) in [6.07, 6.45) is 5.25. The average Bonchev–Trinajstić information content (AvgIpc) is 2.97. The van der Waals surface area contributed by atoms with Crippen molar-refractivity contribution in [3.8, 4) is 18.4 Å². The first kappa shape index (κ1) is 18.1. The summed E-state index contributed by atoms with van der Waals surface area (Å²) in [5, 5.41) is 0.931. The van der Waals surface area contributed by atoms with Crippen molar-refractivity contribution in [3.05, 3.63) is 54.6 Å². The number of nitrogens with zero attached hydrogens (tertiary/aromatic N) is 4.